The predicted molar refractivity (Wildman–Crippen MR) is 143 cm³/mol. The van der Waals surface area contributed by atoms with Crippen LogP contribution >= 0.6 is 11.6 Å². The molecule has 0 bridgehead atoms. The standard InChI is InChI=1S/C27H29ClN6O3/c1-27(2,34-9-11-37-12-10-34)16-30-25(36)17-3-6-20(7-4-17)31-26-29-15-18-13-23(35)32-22-14-19(28)5-8-21(22)24(18)33-26/h3-8,14-15H,9-13,16H2,1-2H3,(H,30,36)(H,32,35)(H,29,31,33). The first-order chi connectivity index (χ1) is 17.8. The van der Waals surface area contributed by atoms with Crippen LogP contribution < -0.4 is 16.0 Å². The molecule has 0 aliphatic carbocycles. The number of carbonyl (C=O) groups is 2. The Morgan fingerprint density at radius 2 is 1.92 bits per heavy atom. The lowest BCUT2D eigenvalue weighted by Crippen LogP contribution is -2.55. The minimum Gasteiger partial charge on any atom is -0.379 e. The fourth-order valence-corrected chi connectivity index (χ4v) is 4.71. The summed E-state index contributed by atoms with van der Waals surface area (Å²) >= 11 is 6.12. The molecule has 3 aromatic rings. The maximum Gasteiger partial charge on any atom is 0.251 e. The number of morpholine rings is 1. The summed E-state index contributed by atoms with van der Waals surface area (Å²) < 4.78 is 5.44. The molecule has 37 heavy (non-hydrogen) atoms. The number of nitrogens with zero attached hydrogens (tertiary/aromatic N) is 3. The zero-order chi connectivity index (χ0) is 26.0. The molecule has 0 spiro atoms. The second kappa shape index (κ2) is 10.5. The van der Waals surface area contributed by atoms with E-state index in [9.17, 15) is 9.59 Å². The van der Waals surface area contributed by atoms with Crippen LogP contribution in [0.4, 0.5) is 17.3 Å². The fraction of sp³-hybridized carbons (Fsp3) is 0.333. The molecule has 9 nitrogen and oxygen atoms in total. The van der Waals surface area contributed by atoms with Crippen LogP contribution in [0.15, 0.2) is 48.7 Å². The van der Waals surface area contributed by atoms with Gasteiger partial charge in [-0.25, -0.2) is 9.97 Å². The highest BCUT2D eigenvalue weighted by Gasteiger charge is 2.28. The maximum absolute atomic E-state index is 12.8. The van der Waals surface area contributed by atoms with Crippen molar-refractivity contribution in [1.29, 1.82) is 0 Å². The molecule has 2 amide bonds. The number of hydrogen-bond acceptors (Lipinski definition) is 7. The molecule has 2 aliphatic rings. The zero-order valence-electron chi connectivity index (χ0n) is 20.8. The number of hydrogen-bond donors (Lipinski definition) is 3. The molecule has 5 rings (SSSR count). The van der Waals surface area contributed by atoms with E-state index in [1.54, 1.807) is 30.5 Å². The van der Waals surface area contributed by atoms with Crippen LogP contribution in [0.1, 0.15) is 29.8 Å². The summed E-state index contributed by atoms with van der Waals surface area (Å²) in [6.45, 7) is 7.96. The molecule has 3 N–H and O–H groups in total. The van der Waals surface area contributed by atoms with Crippen LogP contribution in [0, 0.1) is 0 Å². The van der Waals surface area contributed by atoms with Gasteiger partial charge in [0.1, 0.15) is 0 Å². The Bertz CT molecular complexity index is 1320. The summed E-state index contributed by atoms with van der Waals surface area (Å²) in [4.78, 5) is 36.5. The van der Waals surface area contributed by atoms with Gasteiger partial charge in [-0.3, -0.25) is 14.5 Å². The highest BCUT2D eigenvalue weighted by Crippen LogP contribution is 2.34. The molecule has 0 radical (unpaired) electrons. The molecule has 2 aliphatic heterocycles. The van der Waals surface area contributed by atoms with Crippen LogP contribution in [0.2, 0.25) is 5.02 Å². The molecule has 3 heterocycles. The number of rotatable bonds is 6. The highest BCUT2D eigenvalue weighted by atomic mass is 35.5. The first kappa shape index (κ1) is 25.1. The zero-order valence-corrected chi connectivity index (χ0v) is 21.6. The molecule has 1 saturated heterocycles. The van der Waals surface area contributed by atoms with Gasteiger partial charge in [-0.2, -0.15) is 0 Å². The summed E-state index contributed by atoms with van der Waals surface area (Å²) in [5.41, 5.74) is 3.95. The van der Waals surface area contributed by atoms with Crippen molar-refractivity contribution in [2.24, 2.45) is 0 Å². The van der Waals surface area contributed by atoms with Crippen LogP contribution in [0.5, 0.6) is 0 Å². The topological polar surface area (TPSA) is 108 Å². The quantitative estimate of drug-likeness (QED) is 0.452. The van der Waals surface area contributed by atoms with Crippen molar-refractivity contribution in [3.8, 4) is 11.3 Å². The summed E-state index contributed by atoms with van der Waals surface area (Å²) in [6.07, 6.45) is 1.83. The molecule has 192 valence electrons. The van der Waals surface area contributed by atoms with E-state index in [-0.39, 0.29) is 23.8 Å². The van der Waals surface area contributed by atoms with Gasteiger partial charge in [0.05, 0.1) is 31.0 Å². The number of fused-ring (bicyclic) bond motifs is 3. The van der Waals surface area contributed by atoms with Gasteiger partial charge >= 0.3 is 0 Å². The van der Waals surface area contributed by atoms with Crippen molar-refractivity contribution < 1.29 is 14.3 Å². The monoisotopic (exact) mass is 520 g/mol. The lowest BCUT2D eigenvalue weighted by Gasteiger charge is -2.40. The number of anilines is 3. The fourth-order valence-electron chi connectivity index (χ4n) is 4.54. The third-order valence-corrected chi connectivity index (χ3v) is 6.91. The van der Waals surface area contributed by atoms with Gasteiger partial charge in [-0.1, -0.05) is 11.6 Å². The molecular formula is C27H29ClN6O3. The number of ether oxygens (including phenoxy) is 1. The Labute approximate surface area is 220 Å². The second-order valence-electron chi connectivity index (χ2n) is 9.78. The molecule has 2 aromatic carbocycles. The van der Waals surface area contributed by atoms with Crippen molar-refractivity contribution in [2.45, 2.75) is 25.8 Å². The minimum absolute atomic E-state index is 0.124. The van der Waals surface area contributed by atoms with E-state index in [1.807, 2.05) is 18.2 Å². The van der Waals surface area contributed by atoms with E-state index in [4.69, 9.17) is 16.3 Å². The Hall–Kier alpha value is -3.53. The smallest absolute Gasteiger partial charge is 0.251 e. The summed E-state index contributed by atoms with van der Waals surface area (Å²) in [5.74, 6) is 0.119. The third-order valence-electron chi connectivity index (χ3n) is 6.68. The largest absolute Gasteiger partial charge is 0.379 e. The number of nitrogens with one attached hydrogen (secondary N) is 3. The molecule has 1 aromatic heterocycles. The van der Waals surface area contributed by atoms with E-state index in [1.165, 1.54) is 0 Å². The van der Waals surface area contributed by atoms with E-state index in [0.29, 0.717) is 34.5 Å². The van der Waals surface area contributed by atoms with E-state index < -0.39 is 0 Å². The highest BCUT2D eigenvalue weighted by molar-refractivity contribution is 6.31. The summed E-state index contributed by atoms with van der Waals surface area (Å²) in [6, 6.07) is 12.5. The lowest BCUT2D eigenvalue weighted by atomic mass is 10.0. The van der Waals surface area contributed by atoms with Crippen LogP contribution in [0.3, 0.4) is 0 Å². The van der Waals surface area contributed by atoms with Gasteiger partial charge in [0.15, 0.2) is 0 Å². The van der Waals surface area contributed by atoms with E-state index in [0.717, 1.165) is 43.1 Å². The SMILES string of the molecule is CC(C)(CNC(=O)c1ccc(Nc2ncc3c(n2)-c2ccc(Cl)cc2NC(=O)C3)cc1)N1CCOCC1. The normalized spacial score (nSPS) is 15.7. The first-order valence-corrected chi connectivity index (χ1v) is 12.6. The molecule has 0 atom stereocenters. The summed E-state index contributed by atoms with van der Waals surface area (Å²) in [7, 11) is 0. The van der Waals surface area contributed by atoms with Gasteiger partial charge < -0.3 is 20.7 Å². The van der Waals surface area contributed by atoms with Gasteiger partial charge in [0.2, 0.25) is 11.9 Å². The Morgan fingerprint density at radius 1 is 1.16 bits per heavy atom. The van der Waals surface area contributed by atoms with Crippen molar-refractivity contribution in [3.63, 3.8) is 0 Å². The van der Waals surface area contributed by atoms with Gasteiger partial charge in [-0.05, 0) is 56.3 Å². The lowest BCUT2D eigenvalue weighted by molar-refractivity contribution is -0.115. The van der Waals surface area contributed by atoms with Gasteiger partial charge in [0, 0.05) is 58.8 Å². The molecule has 0 unspecified atom stereocenters. The molecule has 1 fully saturated rings. The molecule has 10 heteroatoms. The van der Waals surface area contributed by atoms with E-state index >= 15 is 0 Å². The minimum atomic E-state index is -0.159. The van der Waals surface area contributed by atoms with Crippen LogP contribution in [-0.2, 0) is 16.0 Å². The van der Waals surface area contributed by atoms with Crippen molar-refractivity contribution >= 4 is 40.7 Å². The average Bonchev–Trinajstić information content (AvgIpc) is 3.03. The number of amides is 2. The summed E-state index contributed by atoms with van der Waals surface area (Å²) in [5, 5.41) is 9.65. The van der Waals surface area contributed by atoms with Crippen molar-refractivity contribution in [3.05, 3.63) is 64.8 Å². The van der Waals surface area contributed by atoms with Crippen LogP contribution in [-0.4, -0.2) is 65.1 Å². The number of aromatic nitrogens is 2. The Kier molecular flexibility index (Phi) is 7.10. The van der Waals surface area contributed by atoms with Crippen molar-refractivity contribution in [2.75, 3.05) is 43.5 Å². The van der Waals surface area contributed by atoms with Gasteiger partial charge in [0.25, 0.3) is 5.91 Å². The predicted octanol–water partition coefficient (Wildman–Crippen LogP) is 3.88. The van der Waals surface area contributed by atoms with E-state index in [2.05, 4.69) is 44.7 Å². The number of halogens is 1. The van der Waals surface area contributed by atoms with Crippen LogP contribution in [0.25, 0.3) is 11.3 Å². The van der Waals surface area contributed by atoms with Gasteiger partial charge in [-0.15, -0.1) is 0 Å². The second-order valence-corrected chi connectivity index (χ2v) is 10.2. The third kappa shape index (κ3) is 5.74. The maximum atomic E-state index is 12.8. The Balaban J connectivity index is 1.27. The van der Waals surface area contributed by atoms with Crippen molar-refractivity contribution in [1.82, 2.24) is 20.2 Å². The first-order valence-electron chi connectivity index (χ1n) is 12.2. The Morgan fingerprint density at radius 3 is 2.68 bits per heavy atom. The molecular weight excluding hydrogens is 492 g/mol. The average molecular weight is 521 g/mol. The molecule has 0 saturated carbocycles. The number of benzene rings is 2. The number of carbonyl (C=O) groups excluding carboxylic acids is 2.